The normalized spacial score (nSPS) is 22.7. The van der Waals surface area contributed by atoms with Gasteiger partial charge in [-0.25, -0.2) is 8.42 Å². The van der Waals surface area contributed by atoms with Crippen LogP contribution in [0.5, 0.6) is 0 Å². The molecule has 1 saturated heterocycles. The van der Waals surface area contributed by atoms with Crippen molar-refractivity contribution in [2.24, 2.45) is 0 Å². The predicted molar refractivity (Wildman–Crippen MR) is 83.5 cm³/mol. The van der Waals surface area contributed by atoms with Crippen molar-refractivity contribution in [3.05, 3.63) is 29.8 Å². The van der Waals surface area contributed by atoms with Crippen molar-refractivity contribution in [1.29, 1.82) is 0 Å². The Balaban J connectivity index is 2.30. The van der Waals surface area contributed by atoms with Crippen LogP contribution in [0.2, 0.25) is 0 Å². The first-order valence-electron chi connectivity index (χ1n) is 7.76. The van der Waals surface area contributed by atoms with Gasteiger partial charge in [-0.15, -0.1) is 0 Å². The maximum Gasteiger partial charge on any atom is 0.243 e. The molecule has 0 spiro atoms. The first kappa shape index (κ1) is 16.5. The Morgan fingerprint density at radius 2 is 1.90 bits per heavy atom. The minimum absolute atomic E-state index is 0.106. The van der Waals surface area contributed by atoms with E-state index in [1.165, 1.54) is 0 Å². The summed E-state index contributed by atoms with van der Waals surface area (Å²) in [6.45, 7) is 4.33. The molecule has 2 unspecified atom stereocenters. The lowest BCUT2D eigenvalue weighted by molar-refractivity contribution is 0.199. The van der Waals surface area contributed by atoms with Crippen LogP contribution in [-0.4, -0.2) is 30.4 Å². The molecule has 0 saturated carbocycles. The molecule has 0 radical (unpaired) electrons. The summed E-state index contributed by atoms with van der Waals surface area (Å²) in [7, 11) is -3.44. The highest BCUT2D eigenvalue weighted by Gasteiger charge is 2.31. The van der Waals surface area contributed by atoms with E-state index >= 15 is 0 Å². The molecule has 0 aliphatic carbocycles. The first-order chi connectivity index (χ1) is 9.96. The van der Waals surface area contributed by atoms with Gasteiger partial charge in [-0.3, -0.25) is 0 Å². The molecule has 2 atom stereocenters. The van der Waals surface area contributed by atoms with Gasteiger partial charge in [-0.2, -0.15) is 4.31 Å². The fourth-order valence-corrected chi connectivity index (χ4v) is 4.70. The minimum Gasteiger partial charge on any atom is -0.389 e. The second-order valence-corrected chi connectivity index (χ2v) is 7.66. The van der Waals surface area contributed by atoms with E-state index in [2.05, 4.69) is 6.92 Å². The number of hydrogen-bond donors (Lipinski definition) is 1. The number of rotatable bonds is 4. The van der Waals surface area contributed by atoms with Crippen molar-refractivity contribution in [1.82, 2.24) is 4.31 Å². The molecule has 0 amide bonds. The van der Waals surface area contributed by atoms with Gasteiger partial charge in [0.05, 0.1) is 11.0 Å². The van der Waals surface area contributed by atoms with Crippen molar-refractivity contribution in [3.63, 3.8) is 0 Å². The lowest BCUT2D eigenvalue weighted by Gasteiger charge is -2.28. The molecule has 1 aliphatic heterocycles. The van der Waals surface area contributed by atoms with Crippen LogP contribution < -0.4 is 0 Å². The Hall–Kier alpha value is -0.910. The molecule has 1 heterocycles. The third-order valence-corrected chi connectivity index (χ3v) is 6.23. The summed E-state index contributed by atoms with van der Waals surface area (Å²) >= 11 is 0. The number of nitrogens with zero attached hydrogens (tertiary/aromatic N) is 1. The summed E-state index contributed by atoms with van der Waals surface area (Å²) in [5.41, 5.74) is 0.733. The second-order valence-electron chi connectivity index (χ2n) is 5.77. The van der Waals surface area contributed by atoms with Gasteiger partial charge in [-0.1, -0.05) is 31.9 Å². The second kappa shape index (κ2) is 6.90. The van der Waals surface area contributed by atoms with Crippen molar-refractivity contribution in [2.75, 3.05) is 6.54 Å². The Kier molecular flexibility index (Phi) is 5.41. The zero-order chi connectivity index (χ0) is 15.5. The lowest BCUT2D eigenvalue weighted by Crippen LogP contribution is -2.39. The summed E-state index contributed by atoms with van der Waals surface area (Å²) in [5, 5.41) is 9.52. The fraction of sp³-hybridized carbons (Fsp3) is 0.625. The van der Waals surface area contributed by atoms with Crippen molar-refractivity contribution < 1.29 is 13.5 Å². The molecule has 0 bridgehead atoms. The standard InChI is InChI=1S/C16H25NO3S/c1-3-15-7-5-4-6-12-17(15)21(19,20)16-10-8-14(9-11-16)13(2)18/h8-11,13,15,18H,3-7,12H2,1-2H3. The van der Waals surface area contributed by atoms with E-state index in [-0.39, 0.29) is 6.04 Å². The molecule has 1 aliphatic rings. The summed E-state index contributed by atoms with van der Waals surface area (Å²) < 4.78 is 27.4. The molecule has 5 heteroatoms. The van der Waals surface area contributed by atoms with Crippen LogP contribution in [0.1, 0.15) is 57.6 Å². The van der Waals surface area contributed by atoms with E-state index < -0.39 is 16.1 Å². The molecule has 1 aromatic carbocycles. The predicted octanol–water partition coefficient (Wildman–Crippen LogP) is 3.08. The molecule has 1 fully saturated rings. The van der Waals surface area contributed by atoms with E-state index in [0.29, 0.717) is 11.4 Å². The largest absolute Gasteiger partial charge is 0.389 e. The van der Waals surface area contributed by atoms with Crippen LogP contribution in [0, 0.1) is 0 Å². The van der Waals surface area contributed by atoms with E-state index in [1.807, 2.05) is 0 Å². The Labute approximate surface area is 127 Å². The molecule has 21 heavy (non-hydrogen) atoms. The van der Waals surface area contributed by atoms with Gasteiger partial charge in [0, 0.05) is 12.6 Å². The van der Waals surface area contributed by atoms with Gasteiger partial charge in [0.15, 0.2) is 0 Å². The summed E-state index contributed by atoms with van der Waals surface area (Å²) in [6, 6.07) is 6.70. The Morgan fingerprint density at radius 1 is 1.24 bits per heavy atom. The maximum atomic E-state index is 12.9. The smallest absolute Gasteiger partial charge is 0.243 e. The van der Waals surface area contributed by atoms with Crippen LogP contribution in [0.15, 0.2) is 29.2 Å². The molecule has 1 aromatic rings. The SMILES string of the molecule is CCC1CCCCCN1S(=O)(=O)c1ccc(C(C)O)cc1. The molecule has 1 N–H and O–H groups in total. The van der Waals surface area contributed by atoms with Crippen molar-refractivity contribution in [2.45, 2.75) is 63.0 Å². The fourth-order valence-electron chi connectivity index (χ4n) is 2.93. The van der Waals surface area contributed by atoms with Gasteiger partial charge in [0.1, 0.15) is 0 Å². The highest BCUT2D eigenvalue weighted by molar-refractivity contribution is 7.89. The molecule has 118 valence electrons. The van der Waals surface area contributed by atoms with E-state index in [4.69, 9.17) is 0 Å². The van der Waals surface area contributed by atoms with E-state index in [0.717, 1.165) is 37.7 Å². The summed E-state index contributed by atoms with van der Waals surface area (Å²) in [4.78, 5) is 0.326. The quantitative estimate of drug-likeness (QED) is 0.929. The van der Waals surface area contributed by atoms with Crippen LogP contribution in [-0.2, 0) is 10.0 Å². The zero-order valence-electron chi connectivity index (χ0n) is 12.8. The van der Waals surface area contributed by atoms with Gasteiger partial charge in [0.25, 0.3) is 0 Å². The van der Waals surface area contributed by atoms with Gasteiger partial charge in [0.2, 0.25) is 10.0 Å². The number of benzene rings is 1. The average Bonchev–Trinajstić information content (AvgIpc) is 2.72. The highest BCUT2D eigenvalue weighted by Crippen LogP contribution is 2.27. The minimum atomic E-state index is -3.44. The number of sulfonamides is 1. The number of aliphatic hydroxyl groups excluding tert-OH is 1. The van der Waals surface area contributed by atoms with Crippen molar-refractivity contribution in [3.8, 4) is 0 Å². The monoisotopic (exact) mass is 311 g/mol. The van der Waals surface area contributed by atoms with E-state index in [1.54, 1.807) is 35.5 Å². The van der Waals surface area contributed by atoms with Crippen LogP contribution in [0.3, 0.4) is 0 Å². The highest BCUT2D eigenvalue weighted by atomic mass is 32.2. The number of aliphatic hydroxyl groups is 1. The third-order valence-electron chi connectivity index (χ3n) is 4.26. The summed E-state index contributed by atoms with van der Waals surface area (Å²) in [6.07, 6.45) is 4.35. The lowest BCUT2D eigenvalue weighted by atomic mass is 10.1. The maximum absolute atomic E-state index is 12.9. The third kappa shape index (κ3) is 3.65. The first-order valence-corrected chi connectivity index (χ1v) is 9.20. The van der Waals surface area contributed by atoms with Gasteiger partial charge >= 0.3 is 0 Å². The zero-order valence-corrected chi connectivity index (χ0v) is 13.6. The van der Waals surface area contributed by atoms with Crippen LogP contribution in [0.25, 0.3) is 0 Å². The topological polar surface area (TPSA) is 57.6 Å². The van der Waals surface area contributed by atoms with Crippen LogP contribution >= 0.6 is 0 Å². The number of hydrogen-bond acceptors (Lipinski definition) is 3. The Morgan fingerprint density at radius 3 is 2.48 bits per heavy atom. The molecule has 0 aromatic heterocycles. The van der Waals surface area contributed by atoms with Gasteiger partial charge < -0.3 is 5.11 Å². The summed E-state index contributed by atoms with van der Waals surface area (Å²) in [5.74, 6) is 0. The van der Waals surface area contributed by atoms with Crippen molar-refractivity contribution >= 4 is 10.0 Å². The molecule has 4 nitrogen and oxygen atoms in total. The molecular formula is C16H25NO3S. The van der Waals surface area contributed by atoms with E-state index in [9.17, 15) is 13.5 Å². The van der Waals surface area contributed by atoms with Gasteiger partial charge in [-0.05, 0) is 43.9 Å². The van der Waals surface area contributed by atoms with Crippen LogP contribution in [0.4, 0.5) is 0 Å². The average molecular weight is 311 g/mol. The molecular weight excluding hydrogens is 286 g/mol. The molecule has 2 rings (SSSR count). The Bertz CT molecular complexity index is 551.